The van der Waals surface area contributed by atoms with E-state index in [0.29, 0.717) is 12.0 Å². The van der Waals surface area contributed by atoms with Gasteiger partial charge in [0.2, 0.25) is 0 Å². The Hall–Kier alpha value is -3.98. The lowest BCUT2D eigenvalue weighted by Gasteiger charge is -2.49. The van der Waals surface area contributed by atoms with Gasteiger partial charge in [0.25, 0.3) is 0 Å². The molecule has 0 radical (unpaired) electrons. The molecule has 2 aliphatic rings. The minimum absolute atomic E-state index is 0.0206. The second-order valence-electron chi connectivity index (χ2n) is 8.61. The van der Waals surface area contributed by atoms with Crippen LogP contribution in [0.5, 0.6) is 5.75 Å². The average molecular weight is 433 g/mol. The molecule has 3 aromatic carbocycles. The summed E-state index contributed by atoms with van der Waals surface area (Å²) in [7, 11) is 0. The minimum atomic E-state index is -1.09. The Morgan fingerprint density at radius 1 is 0.879 bits per heavy atom. The molecule has 0 aromatic heterocycles. The smallest absolute Gasteiger partial charge is 0.168 e. The van der Waals surface area contributed by atoms with Crippen molar-refractivity contribution in [2.24, 2.45) is 5.92 Å². The number of fused-ring (bicyclic) bond motifs is 1. The van der Waals surface area contributed by atoms with E-state index in [1.54, 1.807) is 24.3 Å². The monoisotopic (exact) mass is 432 g/mol. The standard InChI is InChI=1S/C30H24O3/c1-2-20-15-18-26-29(33)25(21-9-5-3-6-10-21)19-27(32)30(26,23-11-7-4-8-12-23)28(20)22-13-16-24(31)17-14-22/h2-17,19,26,28,31H,1,18H2. The largest absolute Gasteiger partial charge is 0.508 e. The van der Waals surface area contributed by atoms with Crippen LogP contribution in [-0.4, -0.2) is 16.7 Å². The number of phenolic OH excluding ortho intramolecular Hbond substituents is 1. The van der Waals surface area contributed by atoms with Crippen molar-refractivity contribution >= 4 is 17.1 Å². The summed E-state index contributed by atoms with van der Waals surface area (Å²) >= 11 is 0. The summed E-state index contributed by atoms with van der Waals surface area (Å²) < 4.78 is 0. The normalized spacial score (nSPS) is 24.5. The summed E-state index contributed by atoms with van der Waals surface area (Å²) in [5.74, 6) is -0.895. The van der Waals surface area contributed by atoms with Gasteiger partial charge >= 0.3 is 0 Å². The zero-order valence-electron chi connectivity index (χ0n) is 18.1. The van der Waals surface area contributed by atoms with Gasteiger partial charge in [-0.2, -0.15) is 0 Å². The number of benzene rings is 3. The van der Waals surface area contributed by atoms with Crippen molar-refractivity contribution in [3.05, 3.63) is 132 Å². The molecular weight excluding hydrogens is 408 g/mol. The molecular formula is C30H24O3. The highest BCUT2D eigenvalue weighted by molar-refractivity contribution is 6.31. The Kier molecular flexibility index (Phi) is 5.18. The van der Waals surface area contributed by atoms with Gasteiger partial charge in [-0.25, -0.2) is 0 Å². The van der Waals surface area contributed by atoms with Crippen LogP contribution in [0.4, 0.5) is 0 Å². The number of rotatable bonds is 4. The molecule has 3 nitrogen and oxygen atoms in total. The molecule has 0 spiro atoms. The van der Waals surface area contributed by atoms with Gasteiger partial charge in [-0.15, -0.1) is 0 Å². The number of carbonyl (C=O) groups is 2. The SMILES string of the molecule is C=CC1=CCC2C(=O)C(c3ccccc3)=CC(=O)C2(c2ccccc2)C1c1ccc(O)cc1. The van der Waals surface area contributed by atoms with Crippen LogP contribution in [0, 0.1) is 5.92 Å². The van der Waals surface area contributed by atoms with Crippen molar-refractivity contribution in [2.45, 2.75) is 17.8 Å². The fraction of sp³-hybridized carbons (Fsp3) is 0.133. The summed E-state index contributed by atoms with van der Waals surface area (Å²) in [4.78, 5) is 28.2. The zero-order valence-corrected chi connectivity index (χ0v) is 18.1. The van der Waals surface area contributed by atoms with Gasteiger partial charge in [-0.05, 0) is 46.9 Å². The number of Topliss-reactive ketones (excluding diaryl/α,β-unsaturated/α-hetero) is 1. The number of allylic oxidation sites excluding steroid dienone is 5. The van der Waals surface area contributed by atoms with Gasteiger partial charge in [0.05, 0.1) is 5.41 Å². The molecule has 3 unspecified atom stereocenters. The lowest BCUT2D eigenvalue weighted by atomic mass is 9.50. The summed E-state index contributed by atoms with van der Waals surface area (Å²) in [5, 5.41) is 9.88. The van der Waals surface area contributed by atoms with Crippen LogP contribution in [0.1, 0.15) is 29.0 Å². The molecule has 0 fully saturated rings. The fourth-order valence-corrected chi connectivity index (χ4v) is 5.55. The first-order valence-corrected chi connectivity index (χ1v) is 11.1. The first-order chi connectivity index (χ1) is 16.1. The molecule has 3 aromatic rings. The Bertz CT molecular complexity index is 1280. The Balaban J connectivity index is 1.80. The van der Waals surface area contributed by atoms with Crippen LogP contribution < -0.4 is 0 Å². The third-order valence-electron chi connectivity index (χ3n) is 6.99. The molecule has 0 saturated carbocycles. The van der Waals surface area contributed by atoms with Crippen molar-refractivity contribution in [3.8, 4) is 5.75 Å². The average Bonchev–Trinajstić information content (AvgIpc) is 2.87. The van der Waals surface area contributed by atoms with Gasteiger partial charge in [-0.1, -0.05) is 91.5 Å². The molecule has 162 valence electrons. The molecule has 1 N–H and O–H groups in total. The summed E-state index contributed by atoms with van der Waals surface area (Å²) in [5.41, 5.74) is 2.74. The van der Waals surface area contributed by atoms with E-state index in [0.717, 1.165) is 22.3 Å². The van der Waals surface area contributed by atoms with E-state index < -0.39 is 17.3 Å². The van der Waals surface area contributed by atoms with E-state index in [1.807, 2.05) is 78.9 Å². The number of aromatic hydroxyl groups is 1. The number of ketones is 2. The maximum absolute atomic E-state index is 14.3. The van der Waals surface area contributed by atoms with Crippen LogP contribution in [0.25, 0.3) is 5.57 Å². The Morgan fingerprint density at radius 2 is 1.52 bits per heavy atom. The predicted octanol–water partition coefficient (Wildman–Crippen LogP) is 5.78. The molecule has 0 amide bonds. The molecule has 0 aliphatic heterocycles. The molecule has 33 heavy (non-hydrogen) atoms. The summed E-state index contributed by atoms with van der Waals surface area (Å²) in [6, 6.07) is 25.9. The van der Waals surface area contributed by atoms with E-state index in [1.165, 1.54) is 0 Å². The van der Waals surface area contributed by atoms with Crippen molar-refractivity contribution < 1.29 is 14.7 Å². The molecule has 0 bridgehead atoms. The summed E-state index contributed by atoms with van der Waals surface area (Å²) in [6.07, 6.45) is 5.82. The van der Waals surface area contributed by atoms with E-state index in [2.05, 4.69) is 6.58 Å². The van der Waals surface area contributed by atoms with Gasteiger partial charge in [-0.3, -0.25) is 9.59 Å². The van der Waals surface area contributed by atoms with E-state index >= 15 is 0 Å². The third-order valence-corrected chi connectivity index (χ3v) is 6.99. The van der Waals surface area contributed by atoms with Crippen LogP contribution in [0.15, 0.2) is 115 Å². The topological polar surface area (TPSA) is 54.4 Å². The van der Waals surface area contributed by atoms with Gasteiger partial charge in [0, 0.05) is 17.4 Å². The molecule has 0 heterocycles. The number of phenols is 1. The van der Waals surface area contributed by atoms with Crippen LogP contribution >= 0.6 is 0 Å². The summed E-state index contributed by atoms with van der Waals surface area (Å²) in [6.45, 7) is 4.02. The fourth-order valence-electron chi connectivity index (χ4n) is 5.55. The first kappa shape index (κ1) is 20.9. The first-order valence-electron chi connectivity index (χ1n) is 11.1. The third kappa shape index (κ3) is 3.20. The van der Waals surface area contributed by atoms with Crippen molar-refractivity contribution in [1.82, 2.24) is 0 Å². The quantitative estimate of drug-likeness (QED) is 0.568. The molecule has 2 aliphatic carbocycles. The number of carbonyl (C=O) groups excluding carboxylic acids is 2. The highest BCUT2D eigenvalue weighted by atomic mass is 16.3. The van der Waals surface area contributed by atoms with Crippen molar-refractivity contribution in [2.75, 3.05) is 0 Å². The highest BCUT2D eigenvalue weighted by Crippen LogP contribution is 2.57. The van der Waals surface area contributed by atoms with E-state index in [4.69, 9.17) is 0 Å². The van der Waals surface area contributed by atoms with Crippen molar-refractivity contribution in [3.63, 3.8) is 0 Å². The van der Waals surface area contributed by atoms with Crippen molar-refractivity contribution in [1.29, 1.82) is 0 Å². The Labute approximate surface area is 193 Å². The molecule has 3 heteroatoms. The number of hydrogen-bond acceptors (Lipinski definition) is 3. The molecule has 0 saturated heterocycles. The number of hydrogen-bond donors (Lipinski definition) is 1. The highest BCUT2D eigenvalue weighted by Gasteiger charge is 2.59. The lowest BCUT2D eigenvalue weighted by molar-refractivity contribution is -0.131. The maximum atomic E-state index is 14.3. The maximum Gasteiger partial charge on any atom is 0.168 e. The van der Waals surface area contributed by atoms with Gasteiger partial charge in [0.15, 0.2) is 11.6 Å². The van der Waals surface area contributed by atoms with Crippen LogP contribution in [0.3, 0.4) is 0 Å². The zero-order chi connectivity index (χ0) is 23.0. The predicted molar refractivity (Wildman–Crippen MR) is 130 cm³/mol. The van der Waals surface area contributed by atoms with Gasteiger partial charge in [0.1, 0.15) is 5.75 Å². The van der Waals surface area contributed by atoms with Crippen LogP contribution in [0.2, 0.25) is 0 Å². The molecule has 3 atom stereocenters. The Morgan fingerprint density at radius 3 is 2.15 bits per heavy atom. The van der Waals surface area contributed by atoms with E-state index in [-0.39, 0.29) is 17.3 Å². The lowest BCUT2D eigenvalue weighted by Crippen LogP contribution is -2.54. The second-order valence-corrected chi connectivity index (χ2v) is 8.61. The molecule has 5 rings (SSSR count). The van der Waals surface area contributed by atoms with Gasteiger partial charge < -0.3 is 5.11 Å². The van der Waals surface area contributed by atoms with Crippen LogP contribution in [-0.2, 0) is 15.0 Å². The van der Waals surface area contributed by atoms with E-state index in [9.17, 15) is 14.7 Å². The second kappa shape index (κ2) is 8.18. The minimum Gasteiger partial charge on any atom is -0.508 e.